The maximum atomic E-state index is 11.9. The first-order valence-electron chi connectivity index (χ1n) is 7.47. The molecule has 0 radical (unpaired) electrons. The van der Waals surface area contributed by atoms with E-state index in [-0.39, 0.29) is 6.67 Å². The number of fused-ring (bicyclic) bond motifs is 1. The summed E-state index contributed by atoms with van der Waals surface area (Å²) in [7, 11) is 1.36. The molecule has 0 aromatic carbocycles. The summed E-state index contributed by atoms with van der Waals surface area (Å²) < 4.78 is 0. The van der Waals surface area contributed by atoms with E-state index >= 15 is 0 Å². The van der Waals surface area contributed by atoms with Crippen molar-refractivity contribution >= 4 is 17.8 Å². The normalized spacial score (nSPS) is 31.9. The SMILES string of the molecule is CN1C(=O)C(=O)N(CN2CCC[C@H]3CCCC[C@@H]32)C1=O. The fourth-order valence-electron chi connectivity index (χ4n) is 3.82. The highest BCUT2D eigenvalue weighted by Gasteiger charge is 2.44. The molecular weight excluding hydrogens is 258 g/mol. The van der Waals surface area contributed by atoms with E-state index in [1.54, 1.807) is 0 Å². The van der Waals surface area contributed by atoms with Crippen LogP contribution in [0.1, 0.15) is 38.5 Å². The molecule has 4 amide bonds. The smallest absolute Gasteiger partial charge is 0.282 e. The third kappa shape index (κ3) is 2.12. The average molecular weight is 279 g/mol. The molecule has 2 atom stereocenters. The lowest BCUT2D eigenvalue weighted by Gasteiger charge is -2.44. The summed E-state index contributed by atoms with van der Waals surface area (Å²) in [6.07, 6.45) is 7.27. The second kappa shape index (κ2) is 5.16. The highest BCUT2D eigenvalue weighted by molar-refractivity contribution is 6.44. The van der Waals surface area contributed by atoms with Crippen molar-refractivity contribution in [1.82, 2.24) is 14.7 Å². The molecule has 0 N–H and O–H groups in total. The predicted octanol–water partition coefficient (Wildman–Crippen LogP) is 1.02. The molecule has 2 heterocycles. The van der Waals surface area contributed by atoms with E-state index in [0.717, 1.165) is 29.2 Å². The summed E-state index contributed by atoms with van der Waals surface area (Å²) >= 11 is 0. The Morgan fingerprint density at radius 2 is 1.70 bits per heavy atom. The number of hydrogen-bond acceptors (Lipinski definition) is 4. The van der Waals surface area contributed by atoms with E-state index in [4.69, 9.17) is 0 Å². The van der Waals surface area contributed by atoms with E-state index in [2.05, 4.69) is 4.90 Å². The van der Waals surface area contributed by atoms with Crippen molar-refractivity contribution in [2.75, 3.05) is 20.3 Å². The number of rotatable bonds is 2. The third-order valence-electron chi connectivity index (χ3n) is 4.93. The zero-order chi connectivity index (χ0) is 14.3. The van der Waals surface area contributed by atoms with Crippen LogP contribution in [0.15, 0.2) is 0 Å². The molecule has 1 saturated carbocycles. The zero-order valence-corrected chi connectivity index (χ0v) is 11.9. The summed E-state index contributed by atoms with van der Waals surface area (Å²) in [6.45, 7) is 1.19. The standard InChI is InChI=1S/C14H21N3O3/c1-15-12(18)13(19)17(14(15)20)9-16-8-4-6-10-5-2-3-7-11(10)16/h10-11H,2-9H2,1H3/t10-,11+/m1/s1. The van der Waals surface area contributed by atoms with Gasteiger partial charge in [0.25, 0.3) is 0 Å². The molecule has 0 spiro atoms. The van der Waals surface area contributed by atoms with Crippen molar-refractivity contribution in [2.45, 2.75) is 44.6 Å². The Kier molecular flexibility index (Phi) is 3.50. The molecule has 0 aromatic heterocycles. The van der Waals surface area contributed by atoms with Crippen molar-refractivity contribution in [3.8, 4) is 0 Å². The maximum absolute atomic E-state index is 11.9. The van der Waals surface area contributed by atoms with Crippen LogP contribution < -0.4 is 0 Å². The molecule has 20 heavy (non-hydrogen) atoms. The zero-order valence-electron chi connectivity index (χ0n) is 11.9. The Bertz CT molecular complexity index is 449. The number of likely N-dealkylation sites (tertiary alicyclic amines) is 1. The number of urea groups is 1. The largest absolute Gasteiger partial charge is 0.335 e. The fraction of sp³-hybridized carbons (Fsp3) is 0.786. The maximum Gasteiger partial charge on any atom is 0.335 e. The molecule has 6 nitrogen and oxygen atoms in total. The monoisotopic (exact) mass is 279 g/mol. The first-order valence-corrected chi connectivity index (χ1v) is 7.47. The molecule has 2 aliphatic heterocycles. The van der Waals surface area contributed by atoms with Crippen LogP contribution in [0.25, 0.3) is 0 Å². The van der Waals surface area contributed by atoms with Crippen LogP contribution in [0.2, 0.25) is 0 Å². The van der Waals surface area contributed by atoms with Gasteiger partial charge in [0.15, 0.2) is 0 Å². The molecule has 110 valence electrons. The minimum atomic E-state index is -0.716. The lowest BCUT2D eigenvalue weighted by molar-refractivity contribution is -0.144. The van der Waals surface area contributed by atoms with Gasteiger partial charge in [0.2, 0.25) is 0 Å². The minimum Gasteiger partial charge on any atom is -0.282 e. The van der Waals surface area contributed by atoms with Gasteiger partial charge >= 0.3 is 17.8 Å². The van der Waals surface area contributed by atoms with Gasteiger partial charge in [-0.1, -0.05) is 12.8 Å². The van der Waals surface area contributed by atoms with Gasteiger partial charge in [-0.3, -0.25) is 19.4 Å². The first kappa shape index (κ1) is 13.5. The lowest BCUT2D eigenvalue weighted by atomic mass is 9.78. The van der Waals surface area contributed by atoms with Gasteiger partial charge in [0.05, 0.1) is 6.67 Å². The van der Waals surface area contributed by atoms with Crippen LogP contribution >= 0.6 is 0 Å². The van der Waals surface area contributed by atoms with Crippen molar-refractivity contribution < 1.29 is 14.4 Å². The number of imide groups is 2. The van der Waals surface area contributed by atoms with E-state index < -0.39 is 17.8 Å². The molecule has 3 aliphatic rings. The van der Waals surface area contributed by atoms with Gasteiger partial charge in [0, 0.05) is 19.6 Å². The Balaban J connectivity index is 1.72. The van der Waals surface area contributed by atoms with Crippen molar-refractivity contribution in [3.05, 3.63) is 0 Å². The predicted molar refractivity (Wildman–Crippen MR) is 71.6 cm³/mol. The number of carbonyl (C=O) groups excluding carboxylic acids is 3. The Labute approximate surface area is 118 Å². The van der Waals surface area contributed by atoms with Crippen LogP contribution in [-0.4, -0.2) is 58.8 Å². The highest BCUT2D eigenvalue weighted by atomic mass is 16.2. The number of piperidine rings is 1. The van der Waals surface area contributed by atoms with E-state index in [0.29, 0.717) is 12.0 Å². The van der Waals surface area contributed by atoms with Crippen LogP contribution in [0.3, 0.4) is 0 Å². The van der Waals surface area contributed by atoms with Crippen molar-refractivity contribution in [1.29, 1.82) is 0 Å². The first-order chi connectivity index (χ1) is 9.59. The molecule has 6 heteroatoms. The van der Waals surface area contributed by atoms with Gasteiger partial charge in [0.1, 0.15) is 0 Å². The molecule has 3 rings (SSSR count). The number of hydrogen-bond donors (Lipinski definition) is 0. The Morgan fingerprint density at radius 3 is 2.40 bits per heavy atom. The van der Waals surface area contributed by atoms with Gasteiger partial charge in [-0.05, 0) is 31.6 Å². The van der Waals surface area contributed by atoms with Gasteiger partial charge in [-0.15, -0.1) is 0 Å². The minimum absolute atomic E-state index is 0.273. The Hall–Kier alpha value is -1.43. The van der Waals surface area contributed by atoms with Crippen LogP contribution in [-0.2, 0) is 9.59 Å². The summed E-state index contributed by atoms with van der Waals surface area (Å²) in [4.78, 5) is 39.6. The van der Waals surface area contributed by atoms with Crippen LogP contribution in [0.4, 0.5) is 4.79 Å². The van der Waals surface area contributed by atoms with E-state index in [9.17, 15) is 14.4 Å². The lowest BCUT2D eigenvalue weighted by Crippen LogP contribution is -2.52. The molecule has 0 unspecified atom stereocenters. The molecule has 0 aromatic rings. The second-order valence-electron chi connectivity index (χ2n) is 6.09. The van der Waals surface area contributed by atoms with Crippen LogP contribution in [0.5, 0.6) is 0 Å². The van der Waals surface area contributed by atoms with Gasteiger partial charge in [-0.25, -0.2) is 9.69 Å². The fourth-order valence-corrected chi connectivity index (χ4v) is 3.82. The summed E-state index contributed by atoms with van der Waals surface area (Å²) in [5, 5.41) is 0. The molecular formula is C14H21N3O3. The number of amides is 4. The summed E-state index contributed by atoms with van der Waals surface area (Å²) in [5.41, 5.74) is 0. The van der Waals surface area contributed by atoms with Gasteiger partial charge in [-0.2, -0.15) is 0 Å². The summed E-state index contributed by atoms with van der Waals surface area (Å²) in [6, 6.07) is -0.0166. The van der Waals surface area contributed by atoms with Gasteiger partial charge < -0.3 is 0 Å². The highest BCUT2D eigenvalue weighted by Crippen LogP contribution is 2.35. The van der Waals surface area contributed by atoms with E-state index in [1.807, 2.05) is 0 Å². The molecule has 2 saturated heterocycles. The van der Waals surface area contributed by atoms with Crippen molar-refractivity contribution in [3.63, 3.8) is 0 Å². The molecule has 1 aliphatic carbocycles. The Morgan fingerprint density at radius 1 is 1.00 bits per heavy atom. The third-order valence-corrected chi connectivity index (χ3v) is 4.93. The number of likely N-dealkylation sites (N-methyl/N-ethyl adjacent to an activating group) is 1. The number of carbonyl (C=O) groups is 3. The van der Waals surface area contributed by atoms with Crippen molar-refractivity contribution in [2.24, 2.45) is 5.92 Å². The quantitative estimate of drug-likeness (QED) is 0.559. The topological polar surface area (TPSA) is 60.9 Å². The summed E-state index contributed by atoms with van der Waals surface area (Å²) in [5.74, 6) is -0.707. The van der Waals surface area contributed by atoms with Crippen LogP contribution in [0, 0.1) is 5.92 Å². The average Bonchev–Trinajstić information content (AvgIpc) is 2.65. The molecule has 3 fully saturated rings. The second-order valence-corrected chi connectivity index (χ2v) is 6.09. The van der Waals surface area contributed by atoms with E-state index in [1.165, 1.54) is 32.7 Å². The molecule has 0 bridgehead atoms. The number of nitrogens with zero attached hydrogens (tertiary/aromatic N) is 3.